The predicted octanol–water partition coefficient (Wildman–Crippen LogP) is 1.72. The van der Waals surface area contributed by atoms with Gasteiger partial charge in [0.05, 0.1) is 12.2 Å². The van der Waals surface area contributed by atoms with E-state index in [4.69, 9.17) is 0 Å². The first-order valence-electron chi connectivity index (χ1n) is 9.28. The molecule has 1 aromatic rings. The molecule has 0 bridgehead atoms. The van der Waals surface area contributed by atoms with E-state index in [2.05, 4.69) is 10.4 Å². The van der Waals surface area contributed by atoms with Crippen LogP contribution in [0.5, 0.6) is 0 Å². The first-order valence-corrected chi connectivity index (χ1v) is 9.28. The molecular weight excluding hydrogens is 318 g/mol. The number of aromatic nitrogens is 2. The summed E-state index contributed by atoms with van der Waals surface area (Å²) in [5.41, 5.74) is 3.25. The molecule has 2 fully saturated rings. The summed E-state index contributed by atoms with van der Waals surface area (Å²) in [7, 11) is 1.94. The molecular formula is C18H29N5O2. The number of nitrogens with zero attached hydrogens (tertiary/aromatic N) is 4. The lowest BCUT2D eigenvalue weighted by atomic mass is 10.2. The molecule has 7 heteroatoms. The van der Waals surface area contributed by atoms with Gasteiger partial charge in [-0.3, -0.25) is 9.48 Å². The molecule has 1 aliphatic carbocycles. The fourth-order valence-corrected chi connectivity index (χ4v) is 3.48. The van der Waals surface area contributed by atoms with Crippen LogP contribution in [0.25, 0.3) is 0 Å². The topological polar surface area (TPSA) is 70.5 Å². The molecule has 0 aromatic carbocycles. The molecule has 138 valence electrons. The Bertz CT molecular complexity index is 650. The van der Waals surface area contributed by atoms with Crippen LogP contribution in [-0.2, 0) is 18.4 Å². The van der Waals surface area contributed by atoms with Gasteiger partial charge in [0.1, 0.15) is 0 Å². The predicted molar refractivity (Wildman–Crippen MR) is 95.1 cm³/mol. The van der Waals surface area contributed by atoms with Gasteiger partial charge in [0.15, 0.2) is 0 Å². The normalized spacial score (nSPS) is 17.2. The molecule has 1 saturated heterocycles. The Morgan fingerprint density at radius 2 is 2.12 bits per heavy atom. The van der Waals surface area contributed by atoms with E-state index in [-0.39, 0.29) is 11.9 Å². The van der Waals surface area contributed by atoms with Gasteiger partial charge in [-0.1, -0.05) is 0 Å². The maximum atomic E-state index is 12.6. The number of urea groups is 1. The summed E-state index contributed by atoms with van der Waals surface area (Å²) < 4.78 is 1.88. The van der Waals surface area contributed by atoms with E-state index in [0.717, 1.165) is 55.7 Å². The van der Waals surface area contributed by atoms with Crippen LogP contribution in [0, 0.1) is 13.8 Å². The van der Waals surface area contributed by atoms with E-state index in [1.54, 1.807) is 0 Å². The lowest BCUT2D eigenvalue weighted by Crippen LogP contribution is -2.42. The highest BCUT2D eigenvalue weighted by atomic mass is 16.2. The van der Waals surface area contributed by atoms with Crippen molar-refractivity contribution in [3.05, 3.63) is 17.0 Å². The molecule has 0 atom stereocenters. The van der Waals surface area contributed by atoms with Crippen LogP contribution >= 0.6 is 0 Å². The Kier molecular flexibility index (Phi) is 5.30. The monoisotopic (exact) mass is 347 g/mol. The first kappa shape index (κ1) is 17.8. The third-order valence-corrected chi connectivity index (χ3v) is 5.29. The summed E-state index contributed by atoms with van der Waals surface area (Å²) in [5, 5.41) is 7.48. The number of hydrogen-bond donors (Lipinski definition) is 1. The highest BCUT2D eigenvalue weighted by molar-refractivity contribution is 5.78. The highest BCUT2D eigenvalue weighted by Gasteiger charge is 2.33. The van der Waals surface area contributed by atoms with Gasteiger partial charge in [0.2, 0.25) is 5.91 Å². The van der Waals surface area contributed by atoms with Crippen LogP contribution in [-0.4, -0.2) is 57.2 Å². The number of likely N-dealkylation sites (tertiary alicyclic amines) is 1. The zero-order valence-electron chi connectivity index (χ0n) is 15.5. The average molecular weight is 347 g/mol. The highest BCUT2D eigenvalue weighted by Crippen LogP contribution is 2.29. The number of amides is 3. The van der Waals surface area contributed by atoms with E-state index in [1.165, 1.54) is 0 Å². The zero-order chi connectivity index (χ0) is 18.0. The van der Waals surface area contributed by atoms with E-state index >= 15 is 0 Å². The molecule has 3 amide bonds. The molecule has 0 spiro atoms. The molecule has 1 N–H and O–H groups in total. The summed E-state index contributed by atoms with van der Waals surface area (Å²) >= 11 is 0. The maximum Gasteiger partial charge on any atom is 0.317 e. The molecule has 2 heterocycles. The third-order valence-electron chi connectivity index (χ3n) is 5.29. The van der Waals surface area contributed by atoms with Crippen molar-refractivity contribution in [2.24, 2.45) is 7.05 Å². The number of aryl methyl sites for hydroxylation is 2. The van der Waals surface area contributed by atoms with Crippen molar-refractivity contribution in [3.8, 4) is 0 Å². The Morgan fingerprint density at radius 3 is 2.68 bits per heavy atom. The molecule has 2 aliphatic rings. The first-order chi connectivity index (χ1) is 12.0. The van der Waals surface area contributed by atoms with Crippen LogP contribution in [0.15, 0.2) is 0 Å². The van der Waals surface area contributed by atoms with Crippen LogP contribution < -0.4 is 5.32 Å². The summed E-state index contributed by atoms with van der Waals surface area (Å²) in [6.07, 6.45) is 4.60. The fourth-order valence-electron chi connectivity index (χ4n) is 3.48. The van der Waals surface area contributed by atoms with Gasteiger partial charge >= 0.3 is 6.03 Å². The van der Waals surface area contributed by atoms with Crippen molar-refractivity contribution in [1.82, 2.24) is 24.9 Å². The summed E-state index contributed by atoms with van der Waals surface area (Å²) in [6.45, 7) is 6.87. The van der Waals surface area contributed by atoms with Crippen molar-refractivity contribution in [3.63, 3.8) is 0 Å². The average Bonchev–Trinajstić information content (AvgIpc) is 3.28. The number of rotatable bonds is 7. The number of carbonyl (C=O) groups excluding carboxylic acids is 2. The Hall–Kier alpha value is -2.05. The van der Waals surface area contributed by atoms with E-state index in [9.17, 15) is 9.59 Å². The molecule has 25 heavy (non-hydrogen) atoms. The standard InChI is InChI=1S/C18H29N5O2/c1-13-16(14(2)21(3)20-13)12-23(15-7-8-15)18(25)19-9-5-11-22-10-4-6-17(22)24/h15H,4-12H2,1-3H3,(H,19,25). The third kappa shape index (κ3) is 4.14. The number of nitrogens with one attached hydrogen (secondary N) is 1. The van der Waals surface area contributed by atoms with Crippen molar-refractivity contribution in [2.75, 3.05) is 19.6 Å². The lowest BCUT2D eigenvalue weighted by molar-refractivity contribution is -0.127. The minimum absolute atomic E-state index is 0.00194. The zero-order valence-corrected chi connectivity index (χ0v) is 15.5. The van der Waals surface area contributed by atoms with Crippen molar-refractivity contribution in [2.45, 2.75) is 58.5 Å². The van der Waals surface area contributed by atoms with Crippen molar-refractivity contribution < 1.29 is 9.59 Å². The molecule has 3 rings (SSSR count). The Morgan fingerprint density at radius 1 is 1.36 bits per heavy atom. The SMILES string of the molecule is Cc1nn(C)c(C)c1CN(C(=O)NCCCN1CCCC1=O)C1CC1. The molecule has 1 saturated carbocycles. The molecule has 0 unspecified atom stereocenters. The van der Waals surface area contributed by atoms with E-state index in [1.807, 2.05) is 35.4 Å². The second-order valence-electron chi connectivity index (χ2n) is 7.20. The van der Waals surface area contributed by atoms with Crippen LogP contribution in [0.4, 0.5) is 4.79 Å². The summed E-state index contributed by atoms with van der Waals surface area (Å²) in [6, 6.07) is 0.345. The van der Waals surface area contributed by atoms with Gasteiger partial charge in [-0.15, -0.1) is 0 Å². The van der Waals surface area contributed by atoms with Gasteiger partial charge in [-0.2, -0.15) is 5.10 Å². The van der Waals surface area contributed by atoms with Crippen LogP contribution in [0.1, 0.15) is 49.1 Å². The molecule has 0 radical (unpaired) electrons. The smallest absolute Gasteiger partial charge is 0.317 e. The van der Waals surface area contributed by atoms with E-state index in [0.29, 0.717) is 25.6 Å². The second kappa shape index (κ2) is 7.45. The van der Waals surface area contributed by atoms with E-state index < -0.39 is 0 Å². The number of carbonyl (C=O) groups is 2. The maximum absolute atomic E-state index is 12.6. The molecule has 1 aliphatic heterocycles. The summed E-state index contributed by atoms with van der Waals surface area (Å²) in [5.74, 6) is 0.244. The minimum Gasteiger partial charge on any atom is -0.343 e. The quantitative estimate of drug-likeness (QED) is 0.764. The largest absolute Gasteiger partial charge is 0.343 e. The fraction of sp³-hybridized carbons (Fsp3) is 0.722. The van der Waals surface area contributed by atoms with Gasteiger partial charge in [0, 0.05) is 50.4 Å². The summed E-state index contributed by atoms with van der Waals surface area (Å²) in [4.78, 5) is 28.1. The van der Waals surface area contributed by atoms with Crippen molar-refractivity contribution >= 4 is 11.9 Å². The lowest BCUT2D eigenvalue weighted by Gasteiger charge is -2.23. The van der Waals surface area contributed by atoms with Crippen molar-refractivity contribution in [1.29, 1.82) is 0 Å². The van der Waals surface area contributed by atoms with Crippen LogP contribution in [0.3, 0.4) is 0 Å². The van der Waals surface area contributed by atoms with Gasteiger partial charge in [0.25, 0.3) is 0 Å². The molecule has 7 nitrogen and oxygen atoms in total. The second-order valence-corrected chi connectivity index (χ2v) is 7.20. The van der Waals surface area contributed by atoms with Gasteiger partial charge in [-0.25, -0.2) is 4.79 Å². The minimum atomic E-state index is -0.00194. The number of hydrogen-bond acceptors (Lipinski definition) is 3. The molecule has 1 aromatic heterocycles. The Labute approximate surface area is 149 Å². The Balaban J connectivity index is 1.50. The van der Waals surface area contributed by atoms with Gasteiger partial charge in [-0.05, 0) is 39.5 Å². The van der Waals surface area contributed by atoms with Crippen LogP contribution in [0.2, 0.25) is 0 Å². The van der Waals surface area contributed by atoms with Gasteiger partial charge < -0.3 is 15.1 Å².